The van der Waals surface area contributed by atoms with Gasteiger partial charge >= 0.3 is 18.0 Å². The summed E-state index contributed by atoms with van der Waals surface area (Å²) >= 11 is 0. The topological polar surface area (TPSA) is 119 Å². The molecular weight excluding hydrogens is 278 g/mol. The van der Waals surface area contributed by atoms with Crippen molar-refractivity contribution in [1.29, 1.82) is 0 Å². The molecule has 0 saturated carbocycles. The van der Waals surface area contributed by atoms with Gasteiger partial charge in [0, 0.05) is 19.0 Å². The smallest absolute Gasteiger partial charge is 0.326 e. The van der Waals surface area contributed by atoms with Crippen LogP contribution in [0.2, 0.25) is 0 Å². The Kier molecular flexibility index (Phi) is 9.11. The minimum atomic E-state index is -1.25. The highest BCUT2D eigenvalue weighted by Crippen LogP contribution is 1.98. The molecule has 0 aromatic rings. The van der Waals surface area contributed by atoms with E-state index < -0.39 is 24.0 Å². The Hall–Kier alpha value is -1.83. The standard InChI is InChI=1S/C13H25N3O5/c1-4-16(5-2)8-9(3)14-13(21)15-10(12(19)20)6-7-11(17)18/h9-10H,4-8H2,1-3H3,(H,17,18)(H,19,20)(H2,14,15,21)/t9?,10-/m0/s1. The SMILES string of the molecule is CCN(CC)CC(C)NC(=O)N[C@@H](CCC(=O)O)C(=O)O. The number of carbonyl (C=O) groups excluding carboxylic acids is 1. The molecule has 4 N–H and O–H groups in total. The number of rotatable bonds is 10. The van der Waals surface area contributed by atoms with Crippen molar-refractivity contribution in [2.24, 2.45) is 0 Å². The van der Waals surface area contributed by atoms with Crippen molar-refractivity contribution in [2.45, 2.75) is 45.7 Å². The van der Waals surface area contributed by atoms with Crippen LogP contribution in [0, 0.1) is 0 Å². The Morgan fingerprint density at radius 3 is 2.10 bits per heavy atom. The summed E-state index contributed by atoms with van der Waals surface area (Å²) in [6.45, 7) is 8.24. The van der Waals surface area contributed by atoms with Gasteiger partial charge in [-0.05, 0) is 26.4 Å². The summed E-state index contributed by atoms with van der Waals surface area (Å²) in [6.07, 6.45) is -0.464. The van der Waals surface area contributed by atoms with Gasteiger partial charge in [-0.25, -0.2) is 9.59 Å². The number of carboxylic acid groups (broad SMARTS) is 2. The van der Waals surface area contributed by atoms with E-state index in [2.05, 4.69) is 15.5 Å². The maximum Gasteiger partial charge on any atom is 0.326 e. The molecule has 122 valence electrons. The molecule has 0 spiro atoms. The number of hydrogen-bond acceptors (Lipinski definition) is 4. The molecule has 8 heteroatoms. The Bertz CT molecular complexity index is 358. The molecule has 0 aliphatic carbocycles. The van der Waals surface area contributed by atoms with Crippen LogP contribution in [0.4, 0.5) is 4.79 Å². The van der Waals surface area contributed by atoms with Gasteiger partial charge in [-0.3, -0.25) is 4.79 Å². The third-order valence-electron chi connectivity index (χ3n) is 3.05. The van der Waals surface area contributed by atoms with E-state index in [1.165, 1.54) is 0 Å². The van der Waals surface area contributed by atoms with Crippen LogP contribution in [0.3, 0.4) is 0 Å². The first-order chi connectivity index (χ1) is 9.79. The van der Waals surface area contributed by atoms with Crippen LogP contribution >= 0.6 is 0 Å². The number of nitrogens with zero attached hydrogens (tertiary/aromatic N) is 1. The van der Waals surface area contributed by atoms with E-state index >= 15 is 0 Å². The third kappa shape index (κ3) is 8.85. The quantitative estimate of drug-likeness (QED) is 0.462. The van der Waals surface area contributed by atoms with Gasteiger partial charge in [0.1, 0.15) is 6.04 Å². The van der Waals surface area contributed by atoms with E-state index in [0.29, 0.717) is 6.54 Å². The van der Waals surface area contributed by atoms with Crippen LogP contribution in [0.25, 0.3) is 0 Å². The first kappa shape index (κ1) is 19.2. The second-order valence-corrected chi connectivity index (χ2v) is 4.83. The molecule has 0 radical (unpaired) electrons. The highest BCUT2D eigenvalue weighted by molar-refractivity contribution is 5.83. The fourth-order valence-electron chi connectivity index (χ4n) is 1.86. The van der Waals surface area contributed by atoms with E-state index in [1.54, 1.807) is 0 Å². The summed E-state index contributed by atoms with van der Waals surface area (Å²) in [4.78, 5) is 35.3. The van der Waals surface area contributed by atoms with Crippen LogP contribution in [0.15, 0.2) is 0 Å². The number of aliphatic carboxylic acids is 2. The monoisotopic (exact) mass is 303 g/mol. The molecule has 1 unspecified atom stereocenters. The largest absolute Gasteiger partial charge is 0.481 e. The molecule has 0 rings (SSSR count). The molecule has 0 aliphatic rings. The Labute approximate surface area is 124 Å². The van der Waals surface area contributed by atoms with Gasteiger partial charge in [0.2, 0.25) is 0 Å². The summed E-state index contributed by atoms with van der Waals surface area (Å²) in [5, 5.41) is 22.4. The normalized spacial score (nSPS) is 13.5. The zero-order chi connectivity index (χ0) is 16.4. The molecule has 0 saturated heterocycles. The molecule has 2 amide bonds. The van der Waals surface area contributed by atoms with E-state index in [-0.39, 0.29) is 18.9 Å². The highest BCUT2D eigenvalue weighted by Gasteiger charge is 2.21. The van der Waals surface area contributed by atoms with Crippen molar-refractivity contribution < 1.29 is 24.6 Å². The van der Waals surface area contributed by atoms with Crippen molar-refractivity contribution in [2.75, 3.05) is 19.6 Å². The van der Waals surface area contributed by atoms with Gasteiger partial charge in [-0.2, -0.15) is 0 Å². The Balaban J connectivity index is 4.30. The van der Waals surface area contributed by atoms with Gasteiger partial charge in [0.15, 0.2) is 0 Å². The molecular formula is C13H25N3O5. The summed E-state index contributed by atoms with van der Waals surface area (Å²) in [5.41, 5.74) is 0. The third-order valence-corrected chi connectivity index (χ3v) is 3.05. The first-order valence-corrected chi connectivity index (χ1v) is 7.04. The number of urea groups is 1. The van der Waals surface area contributed by atoms with E-state index in [4.69, 9.17) is 10.2 Å². The fraction of sp³-hybridized carbons (Fsp3) is 0.769. The molecule has 0 aromatic heterocycles. The van der Waals surface area contributed by atoms with E-state index in [1.807, 2.05) is 20.8 Å². The molecule has 0 aliphatic heterocycles. The predicted octanol–water partition coefficient (Wildman–Crippen LogP) is 0.334. The summed E-state index contributed by atoms with van der Waals surface area (Å²) in [6, 6.07) is -1.95. The van der Waals surface area contributed by atoms with Crippen LogP contribution in [-0.2, 0) is 9.59 Å². The predicted molar refractivity (Wildman–Crippen MR) is 77.2 cm³/mol. The maximum absolute atomic E-state index is 11.7. The second-order valence-electron chi connectivity index (χ2n) is 4.83. The Morgan fingerprint density at radius 2 is 1.67 bits per heavy atom. The van der Waals surface area contributed by atoms with Crippen molar-refractivity contribution in [3.63, 3.8) is 0 Å². The Morgan fingerprint density at radius 1 is 1.10 bits per heavy atom. The van der Waals surface area contributed by atoms with E-state index in [0.717, 1.165) is 13.1 Å². The molecule has 0 heterocycles. The number of hydrogen-bond donors (Lipinski definition) is 4. The minimum absolute atomic E-state index is 0.140. The molecule has 8 nitrogen and oxygen atoms in total. The average Bonchev–Trinajstić information content (AvgIpc) is 2.39. The lowest BCUT2D eigenvalue weighted by atomic mass is 10.1. The van der Waals surface area contributed by atoms with Crippen LogP contribution in [0.5, 0.6) is 0 Å². The summed E-state index contributed by atoms with van der Waals surface area (Å²) in [7, 11) is 0. The average molecular weight is 303 g/mol. The lowest BCUT2D eigenvalue weighted by Crippen LogP contribution is -2.50. The van der Waals surface area contributed by atoms with Crippen molar-refractivity contribution in [3.05, 3.63) is 0 Å². The zero-order valence-electron chi connectivity index (χ0n) is 12.8. The summed E-state index contributed by atoms with van der Waals surface area (Å²) < 4.78 is 0. The molecule has 0 fully saturated rings. The molecule has 2 atom stereocenters. The first-order valence-electron chi connectivity index (χ1n) is 7.04. The van der Waals surface area contributed by atoms with Crippen molar-refractivity contribution in [3.8, 4) is 0 Å². The fourth-order valence-corrected chi connectivity index (χ4v) is 1.86. The highest BCUT2D eigenvalue weighted by atomic mass is 16.4. The molecule has 0 aromatic carbocycles. The van der Waals surface area contributed by atoms with Gasteiger partial charge < -0.3 is 25.7 Å². The number of likely N-dealkylation sites (N-methyl/N-ethyl adjacent to an activating group) is 1. The van der Waals surface area contributed by atoms with Crippen LogP contribution in [-0.4, -0.2) is 64.8 Å². The second kappa shape index (κ2) is 9.98. The van der Waals surface area contributed by atoms with Crippen molar-refractivity contribution in [1.82, 2.24) is 15.5 Å². The van der Waals surface area contributed by atoms with Crippen LogP contribution < -0.4 is 10.6 Å². The number of carboxylic acids is 2. The van der Waals surface area contributed by atoms with E-state index in [9.17, 15) is 14.4 Å². The lowest BCUT2D eigenvalue weighted by Gasteiger charge is -2.24. The zero-order valence-corrected chi connectivity index (χ0v) is 12.8. The minimum Gasteiger partial charge on any atom is -0.481 e. The molecule has 21 heavy (non-hydrogen) atoms. The van der Waals surface area contributed by atoms with Gasteiger partial charge in [-0.15, -0.1) is 0 Å². The number of carbonyl (C=O) groups is 3. The van der Waals surface area contributed by atoms with Gasteiger partial charge in [-0.1, -0.05) is 13.8 Å². The maximum atomic E-state index is 11.7. The molecule has 0 bridgehead atoms. The number of amides is 2. The van der Waals surface area contributed by atoms with Crippen molar-refractivity contribution >= 4 is 18.0 Å². The van der Waals surface area contributed by atoms with Crippen LogP contribution in [0.1, 0.15) is 33.6 Å². The number of nitrogens with one attached hydrogen (secondary N) is 2. The lowest BCUT2D eigenvalue weighted by molar-refractivity contribution is -0.140. The van der Waals surface area contributed by atoms with Gasteiger partial charge in [0.25, 0.3) is 0 Å². The summed E-state index contributed by atoms with van der Waals surface area (Å²) in [5.74, 6) is -2.35. The van der Waals surface area contributed by atoms with Gasteiger partial charge in [0.05, 0.1) is 0 Å².